The monoisotopic (exact) mass is 351 g/mol. The molecule has 0 bridgehead atoms. The molecule has 1 N–H and O–H groups in total. The quantitative estimate of drug-likeness (QED) is 0.649. The van der Waals surface area contributed by atoms with Crippen LogP contribution in [0.3, 0.4) is 0 Å². The molecule has 0 spiro atoms. The fraction of sp³-hybridized carbons (Fsp3) is 0.500. The molecule has 0 heterocycles. The summed E-state index contributed by atoms with van der Waals surface area (Å²) in [5.41, 5.74) is 0.690. The standard InChI is InChI=1S/C14H19Cl2NO3S/c1-14(2,3)21(19)17-12(8-13(18)20-4)9-5-10(15)7-11(16)6-9/h5-7,12,17H,8H2,1-4H3/t12-,21?/m0/s1. The van der Waals surface area contributed by atoms with Crippen LogP contribution in [0.2, 0.25) is 10.0 Å². The second kappa shape index (κ2) is 7.70. The van der Waals surface area contributed by atoms with Crippen LogP contribution in [0, 0.1) is 0 Å². The Morgan fingerprint density at radius 2 is 1.86 bits per heavy atom. The largest absolute Gasteiger partial charge is 0.598 e. The number of rotatable bonds is 5. The van der Waals surface area contributed by atoms with E-state index in [4.69, 9.17) is 23.2 Å². The highest BCUT2D eigenvalue weighted by atomic mass is 35.5. The Morgan fingerprint density at radius 3 is 2.29 bits per heavy atom. The molecule has 0 saturated heterocycles. The predicted molar refractivity (Wildman–Crippen MR) is 86.9 cm³/mol. The molecule has 4 nitrogen and oxygen atoms in total. The van der Waals surface area contributed by atoms with Crippen molar-refractivity contribution in [1.29, 1.82) is 0 Å². The molecule has 1 unspecified atom stereocenters. The van der Waals surface area contributed by atoms with Gasteiger partial charge in [-0.15, -0.1) is 4.72 Å². The van der Waals surface area contributed by atoms with Crippen LogP contribution in [0.25, 0.3) is 0 Å². The van der Waals surface area contributed by atoms with Gasteiger partial charge in [0.05, 0.1) is 19.6 Å². The van der Waals surface area contributed by atoms with Crippen LogP contribution in [-0.2, 0) is 20.9 Å². The van der Waals surface area contributed by atoms with Crippen LogP contribution in [0.4, 0.5) is 0 Å². The zero-order valence-corrected chi connectivity index (χ0v) is 14.7. The third-order valence-corrected chi connectivity index (χ3v) is 4.74. The number of benzene rings is 1. The predicted octanol–water partition coefficient (Wildman–Crippen LogP) is 3.65. The van der Waals surface area contributed by atoms with Crippen LogP contribution >= 0.6 is 23.2 Å². The first kappa shape index (κ1) is 18.6. The molecule has 0 aromatic heterocycles. The van der Waals surface area contributed by atoms with Gasteiger partial charge < -0.3 is 9.29 Å². The van der Waals surface area contributed by atoms with E-state index in [0.29, 0.717) is 15.6 Å². The number of carbonyl (C=O) groups is 1. The summed E-state index contributed by atoms with van der Waals surface area (Å²) in [6.45, 7) is 5.53. The van der Waals surface area contributed by atoms with Gasteiger partial charge in [-0.1, -0.05) is 23.2 Å². The van der Waals surface area contributed by atoms with Crippen molar-refractivity contribution in [1.82, 2.24) is 4.72 Å². The molecular weight excluding hydrogens is 333 g/mol. The minimum Gasteiger partial charge on any atom is -0.598 e. The molecule has 0 aliphatic rings. The number of methoxy groups -OCH3 is 1. The second-order valence-corrected chi connectivity index (χ2v) is 8.41. The van der Waals surface area contributed by atoms with Gasteiger partial charge in [-0.3, -0.25) is 4.79 Å². The second-order valence-electron chi connectivity index (χ2n) is 5.53. The summed E-state index contributed by atoms with van der Waals surface area (Å²) in [7, 11) is 1.31. The SMILES string of the molecule is COC(=O)C[C@H](N[S+]([O-])C(C)(C)C)c1cc(Cl)cc(Cl)c1. The molecule has 7 heteroatoms. The first-order valence-electron chi connectivity index (χ1n) is 6.34. The van der Waals surface area contributed by atoms with Crippen molar-refractivity contribution in [3.63, 3.8) is 0 Å². The summed E-state index contributed by atoms with van der Waals surface area (Å²) >= 11 is 10.6. The number of esters is 1. The van der Waals surface area contributed by atoms with E-state index >= 15 is 0 Å². The summed E-state index contributed by atoms with van der Waals surface area (Å²) in [5, 5.41) is 0.909. The Kier molecular flexibility index (Phi) is 6.81. The van der Waals surface area contributed by atoms with E-state index in [0.717, 1.165) is 0 Å². The average molecular weight is 352 g/mol. The van der Waals surface area contributed by atoms with Gasteiger partial charge in [0.1, 0.15) is 4.75 Å². The number of carbonyl (C=O) groups excluding carboxylic acids is 1. The van der Waals surface area contributed by atoms with Crippen molar-refractivity contribution in [2.45, 2.75) is 38.0 Å². The molecule has 0 radical (unpaired) electrons. The lowest BCUT2D eigenvalue weighted by Gasteiger charge is -2.28. The molecule has 1 rings (SSSR count). The Bertz CT molecular complexity index is 485. The lowest BCUT2D eigenvalue weighted by molar-refractivity contribution is -0.141. The van der Waals surface area contributed by atoms with Gasteiger partial charge in [0.2, 0.25) is 0 Å². The molecule has 0 aliphatic carbocycles. The highest BCUT2D eigenvalue weighted by Gasteiger charge is 2.31. The number of hydrogen-bond acceptors (Lipinski definition) is 4. The summed E-state index contributed by atoms with van der Waals surface area (Å²) in [6.07, 6.45) is 0.0367. The molecule has 0 amide bonds. The maximum Gasteiger partial charge on any atom is 0.307 e. The lowest BCUT2D eigenvalue weighted by Crippen LogP contribution is -2.41. The van der Waals surface area contributed by atoms with Crippen LogP contribution in [-0.4, -0.2) is 22.4 Å². The van der Waals surface area contributed by atoms with Crippen molar-refractivity contribution in [3.8, 4) is 0 Å². The zero-order valence-electron chi connectivity index (χ0n) is 12.4. The Balaban J connectivity index is 3.04. The van der Waals surface area contributed by atoms with Crippen LogP contribution < -0.4 is 4.72 Å². The van der Waals surface area contributed by atoms with E-state index in [1.807, 2.05) is 20.8 Å². The summed E-state index contributed by atoms with van der Waals surface area (Å²) in [6, 6.07) is 4.48. The van der Waals surface area contributed by atoms with Gasteiger partial charge >= 0.3 is 5.97 Å². The fourth-order valence-corrected chi connectivity index (χ4v) is 2.93. The van der Waals surface area contributed by atoms with Gasteiger partial charge in [-0.2, -0.15) is 0 Å². The molecule has 1 aromatic carbocycles. The first-order chi connectivity index (χ1) is 9.63. The molecule has 0 saturated carbocycles. The van der Waals surface area contributed by atoms with Gasteiger partial charge in [-0.25, -0.2) is 0 Å². The van der Waals surface area contributed by atoms with Crippen molar-refractivity contribution < 1.29 is 14.1 Å². The molecule has 1 aromatic rings. The van der Waals surface area contributed by atoms with Crippen LogP contribution in [0.1, 0.15) is 38.8 Å². The minimum absolute atomic E-state index is 0.0367. The van der Waals surface area contributed by atoms with E-state index in [1.165, 1.54) is 7.11 Å². The van der Waals surface area contributed by atoms with E-state index < -0.39 is 28.1 Å². The summed E-state index contributed by atoms with van der Waals surface area (Å²) in [5.74, 6) is -0.408. The molecule has 0 fully saturated rings. The molecular formula is C14H19Cl2NO3S. The smallest absolute Gasteiger partial charge is 0.307 e. The van der Waals surface area contributed by atoms with Gasteiger partial charge in [0, 0.05) is 21.4 Å². The third kappa shape index (κ3) is 6.04. The maximum absolute atomic E-state index is 12.3. The number of nitrogens with one attached hydrogen (secondary N) is 1. The number of halogens is 2. The van der Waals surface area contributed by atoms with Gasteiger partial charge in [0.15, 0.2) is 0 Å². The zero-order chi connectivity index (χ0) is 16.2. The molecule has 0 aliphatic heterocycles. The Morgan fingerprint density at radius 1 is 1.33 bits per heavy atom. The van der Waals surface area contributed by atoms with E-state index in [2.05, 4.69) is 9.46 Å². The average Bonchev–Trinajstić information content (AvgIpc) is 2.35. The van der Waals surface area contributed by atoms with Crippen molar-refractivity contribution in [2.75, 3.05) is 7.11 Å². The molecule has 21 heavy (non-hydrogen) atoms. The van der Waals surface area contributed by atoms with Crippen molar-refractivity contribution in [3.05, 3.63) is 33.8 Å². The molecule has 118 valence electrons. The topological polar surface area (TPSA) is 61.4 Å². The highest BCUT2D eigenvalue weighted by Crippen LogP contribution is 2.28. The van der Waals surface area contributed by atoms with E-state index in [1.54, 1.807) is 18.2 Å². The minimum atomic E-state index is -1.34. The van der Waals surface area contributed by atoms with Crippen LogP contribution in [0.5, 0.6) is 0 Å². The van der Waals surface area contributed by atoms with Gasteiger partial charge in [0.25, 0.3) is 0 Å². The number of ether oxygens (including phenoxy) is 1. The van der Waals surface area contributed by atoms with Crippen molar-refractivity contribution in [2.24, 2.45) is 0 Å². The first-order valence-corrected chi connectivity index (χ1v) is 8.25. The van der Waals surface area contributed by atoms with E-state index in [-0.39, 0.29) is 6.42 Å². The summed E-state index contributed by atoms with van der Waals surface area (Å²) in [4.78, 5) is 11.6. The Hall–Kier alpha value is -0.460. The lowest BCUT2D eigenvalue weighted by atomic mass is 10.1. The summed E-state index contributed by atoms with van der Waals surface area (Å²) < 4.78 is 19.4. The molecule has 2 atom stereocenters. The highest BCUT2D eigenvalue weighted by molar-refractivity contribution is 7.90. The fourth-order valence-electron chi connectivity index (χ4n) is 1.56. The number of hydrogen-bond donors (Lipinski definition) is 1. The van der Waals surface area contributed by atoms with Crippen molar-refractivity contribution >= 4 is 40.5 Å². The van der Waals surface area contributed by atoms with Crippen LogP contribution in [0.15, 0.2) is 18.2 Å². The maximum atomic E-state index is 12.3. The Labute approximate surface area is 138 Å². The van der Waals surface area contributed by atoms with Gasteiger partial charge in [-0.05, 0) is 44.5 Å². The normalized spacial score (nSPS) is 14.6. The third-order valence-electron chi connectivity index (χ3n) is 2.69. The van der Waals surface area contributed by atoms with E-state index in [9.17, 15) is 9.35 Å².